The Hall–Kier alpha value is -2.81. The number of nitrogens with zero attached hydrogens (tertiary/aromatic N) is 1. The number of phenolic OH excluding ortho intramolecular Hbond substituents is 1. The minimum Gasteiger partial charge on any atom is -0.507 e. The third kappa shape index (κ3) is 4.45. The van der Waals surface area contributed by atoms with E-state index in [0.29, 0.717) is 5.75 Å². The van der Waals surface area contributed by atoms with Gasteiger partial charge in [0.2, 0.25) is 0 Å². The number of hydrogen-bond donors (Lipinski definition) is 1. The average molecular weight is 390 g/mol. The SMILES string of the molecule is COc1cccc2ccc(/C=C\c3cc(C(C)(C)C)c(O)c(C(C)(C)C)c3)nc12. The first-order valence-electron chi connectivity index (χ1n) is 10.0. The number of pyridine rings is 1. The van der Waals surface area contributed by atoms with Crippen LogP contribution in [-0.4, -0.2) is 17.2 Å². The monoisotopic (exact) mass is 389 g/mol. The summed E-state index contributed by atoms with van der Waals surface area (Å²) in [5, 5.41) is 11.9. The molecule has 3 aromatic rings. The van der Waals surface area contributed by atoms with Crippen molar-refractivity contribution in [1.82, 2.24) is 4.98 Å². The molecule has 3 heteroatoms. The molecule has 1 heterocycles. The van der Waals surface area contributed by atoms with Crippen molar-refractivity contribution < 1.29 is 9.84 Å². The van der Waals surface area contributed by atoms with Crippen LogP contribution < -0.4 is 4.74 Å². The van der Waals surface area contributed by atoms with Crippen molar-refractivity contribution in [2.45, 2.75) is 52.4 Å². The highest BCUT2D eigenvalue weighted by atomic mass is 16.5. The fraction of sp³-hybridized carbons (Fsp3) is 0.346. The van der Waals surface area contributed by atoms with Crippen molar-refractivity contribution in [3.05, 3.63) is 64.8 Å². The molecule has 0 atom stereocenters. The molecule has 0 amide bonds. The van der Waals surface area contributed by atoms with Gasteiger partial charge in [0.15, 0.2) is 0 Å². The van der Waals surface area contributed by atoms with Crippen LogP contribution >= 0.6 is 0 Å². The summed E-state index contributed by atoms with van der Waals surface area (Å²) in [4.78, 5) is 4.76. The van der Waals surface area contributed by atoms with E-state index in [0.717, 1.165) is 39.0 Å². The van der Waals surface area contributed by atoms with Gasteiger partial charge in [-0.05, 0) is 46.7 Å². The van der Waals surface area contributed by atoms with Crippen LogP contribution in [0.15, 0.2) is 42.5 Å². The number of fused-ring (bicyclic) bond motifs is 1. The molecule has 29 heavy (non-hydrogen) atoms. The summed E-state index contributed by atoms with van der Waals surface area (Å²) in [5.74, 6) is 1.17. The fourth-order valence-corrected chi connectivity index (χ4v) is 3.47. The van der Waals surface area contributed by atoms with Gasteiger partial charge in [-0.2, -0.15) is 0 Å². The largest absolute Gasteiger partial charge is 0.507 e. The fourth-order valence-electron chi connectivity index (χ4n) is 3.47. The first kappa shape index (κ1) is 20.9. The molecule has 2 aromatic carbocycles. The van der Waals surface area contributed by atoms with E-state index in [4.69, 9.17) is 9.72 Å². The third-order valence-corrected chi connectivity index (χ3v) is 5.12. The van der Waals surface area contributed by atoms with Crippen molar-refractivity contribution in [2.24, 2.45) is 0 Å². The number of hydrogen-bond acceptors (Lipinski definition) is 3. The van der Waals surface area contributed by atoms with Gasteiger partial charge >= 0.3 is 0 Å². The molecule has 3 rings (SSSR count). The van der Waals surface area contributed by atoms with Crippen molar-refractivity contribution in [3.8, 4) is 11.5 Å². The lowest BCUT2D eigenvalue weighted by atomic mass is 9.78. The molecule has 0 aliphatic carbocycles. The van der Waals surface area contributed by atoms with E-state index in [9.17, 15) is 5.11 Å². The Bertz CT molecular complexity index is 1030. The van der Waals surface area contributed by atoms with Gasteiger partial charge in [-0.1, -0.05) is 65.8 Å². The summed E-state index contributed by atoms with van der Waals surface area (Å²) >= 11 is 0. The Morgan fingerprint density at radius 1 is 0.862 bits per heavy atom. The van der Waals surface area contributed by atoms with E-state index in [2.05, 4.69) is 65.8 Å². The second kappa shape index (κ2) is 7.55. The normalized spacial score (nSPS) is 12.7. The number of rotatable bonds is 3. The molecule has 1 N–H and O–H groups in total. The summed E-state index contributed by atoms with van der Waals surface area (Å²) in [5.41, 5.74) is 4.39. The maximum absolute atomic E-state index is 10.9. The number of ether oxygens (including phenoxy) is 1. The molecule has 0 aliphatic heterocycles. The predicted molar refractivity (Wildman–Crippen MR) is 123 cm³/mol. The topological polar surface area (TPSA) is 42.4 Å². The molecule has 1 aromatic heterocycles. The summed E-state index contributed by atoms with van der Waals surface area (Å²) < 4.78 is 5.45. The molecule has 0 fully saturated rings. The minimum absolute atomic E-state index is 0.150. The number of phenols is 1. The molecular weight excluding hydrogens is 358 g/mol. The van der Waals surface area contributed by atoms with E-state index in [1.54, 1.807) is 7.11 Å². The lowest BCUT2D eigenvalue weighted by Crippen LogP contribution is -2.17. The van der Waals surface area contributed by atoms with E-state index in [1.165, 1.54) is 0 Å². The molecule has 0 unspecified atom stereocenters. The maximum atomic E-state index is 10.9. The number of para-hydroxylation sites is 1. The highest BCUT2D eigenvalue weighted by Gasteiger charge is 2.26. The van der Waals surface area contributed by atoms with E-state index < -0.39 is 0 Å². The Morgan fingerprint density at radius 2 is 1.48 bits per heavy atom. The van der Waals surface area contributed by atoms with Crippen molar-refractivity contribution >= 4 is 23.1 Å². The molecule has 3 nitrogen and oxygen atoms in total. The Morgan fingerprint density at radius 3 is 2.03 bits per heavy atom. The van der Waals surface area contributed by atoms with Gasteiger partial charge in [0.25, 0.3) is 0 Å². The van der Waals surface area contributed by atoms with Gasteiger partial charge in [0.05, 0.1) is 12.8 Å². The van der Waals surface area contributed by atoms with E-state index in [-0.39, 0.29) is 10.8 Å². The van der Waals surface area contributed by atoms with Crippen LogP contribution in [0.5, 0.6) is 11.5 Å². The zero-order chi connectivity index (χ0) is 21.4. The summed E-state index contributed by atoms with van der Waals surface area (Å²) in [7, 11) is 1.66. The predicted octanol–water partition coefficient (Wildman–Crippen LogP) is 6.71. The van der Waals surface area contributed by atoms with Crippen molar-refractivity contribution in [2.75, 3.05) is 7.11 Å². The summed E-state index contributed by atoms with van der Waals surface area (Å²) in [6, 6.07) is 14.1. The van der Waals surface area contributed by atoms with Crippen LogP contribution in [0.25, 0.3) is 23.1 Å². The minimum atomic E-state index is -0.150. The first-order valence-corrected chi connectivity index (χ1v) is 10.0. The van der Waals surface area contributed by atoms with Crippen LogP contribution in [0.3, 0.4) is 0 Å². The van der Waals surface area contributed by atoms with Crippen molar-refractivity contribution in [1.29, 1.82) is 0 Å². The highest BCUT2D eigenvalue weighted by Crippen LogP contribution is 2.40. The molecule has 0 saturated carbocycles. The number of aromatic nitrogens is 1. The molecule has 0 saturated heterocycles. The number of methoxy groups -OCH3 is 1. The third-order valence-electron chi connectivity index (χ3n) is 5.12. The standard InChI is InChI=1S/C26H31NO2/c1-25(2,3)20-15-17(16-21(24(20)28)26(4,5)6)11-13-19-14-12-18-9-8-10-22(29-7)23(18)27-19/h8-16,28H,1-7H3/b13-11-. The quantitative estimate of drug-likeness (QED) is 0.541. The molecule has 0 bridgehead atoms. The van der Waals surface area contributed by atoms with Crippen molar-refractivity contribution in [3.63, 3.8) is 0 Å². The molecule has 0 radical (unpaired) electrons. The molecule has 0 spiro atoms. The summed E-state index contributed by atoms with van der Waals surface area (Å²) in [6.45, 7) is 12.7. The van der Waals surface area contributed by atoms with Crippen LogP contribution in [0.2, 0.25) is 0 Å². The smallest absolute Gasteiger partial charge is 0.145 e. The van der Waals surface area contributed by atoms with E-state index >= 15 is 0 Å². The first-order chi connectivity index (χ1) is 13.5. The highest BCUT2D eigenvalue weighted by molar-refractivity contribution is 5.86. The van der Waals surface area contributed by atoms with Crippen LogP contribution in [0.1, 0.15) is 63.9 Å². The molecule has 152 valence electrons. The van der Waals surface area contributed by atoms with Gasteiger partial charge in [0.1, 0.15) is 17.0 Å². The lowest BCUT2D eigenvalue weighted by molar-refractivity contribution is 0.419. The van der Waals surface area contributed by atoms with Gasteiger partial charge in [-0.15, -0.1) is 0 Å². The zero-order valence-corrected chi connectivity index (χ0v) is 18.5. The van der Waals surface area contributed by atoms with Crippen LogP contribution in [-0.2, 0) is 10.8 Å². The van der Waals surface area contributed by atoms with Gasteiger partial charge in [-0.25, -0.2) is 4.98 Å². The molecular formula is C26H31NO2. The lowest BCUT2D eigenvalue weighted by Gasteiger charge is -2.27. The molecule has 0 aliphatic rings. The second-order valence-electron chi connectivity index (χ2n) is 9.57. The van der Waals surface area contributed by atoms with E-state index in [1.807, 2.05) is 30.3 Å². The Balaban J connectivity index is 2.08. The second-order valence-corrected chi connectivity index (χ2v) is 9.57. The van der Waals surface area contributed by atoms with Gasteiger partial charge < -0.3 is 9.84 Å². The zero-order valence-electron chi connectivity index (χ0n) is 18.5. The van der Waals surface area contributed by atoms with Gasteiger partial charge in [0, 0.05) is 16.5 Å². The van der Waals surface area contributed by atoms with Crippen LogP contribution in [0, 0.1) is 0 Å². The number of benzene rings is 2. The van der Waals surface area contributed by atoms with Crippen LogP contribution in [0.4, 0.5) is 0 Å². The number of aromatic hydroxyl groups is 1. The maximum Gasteiger partial charge on any atom is 0.145 e. The Labute approximate surface area is 174 Å². The Kier molecular flexibility index (Phi) is 5.44. The average Bonchev–Trinajstić information content (AvgIpc) is 2.64. The van der Waals surface area contributed by atoms with Gasteiger partial charge in [-0.3, -0.25) is 0 Å². The summed E-state index contributed by atoms with van der Waals surface area (Å²) in [6.07, 6.45) is 4.07.